The van der Waals surface area contributed by atoms with E-state index >= 15 is 0 Å². The third-order valence-electron chi connectivity index (χ3n) is 5.22. The van der Waals surface area contributed by atoms with Crippen molar-refractivity contribution in [3.05, 3.63) is 48.1 Å². The second kappa shape index (κ2) is 8.43. The van der Waals surface area contributed by atoms with Crippen molar-refractivity contribution in [2.75, 3.05) is 39.8 Å². The van der Waals surface area contributed by atoms with Gasteiger partial charge in [0.2, 0.25) is 0 Å². The molecule has 0 radical (unpaired) electrons. The quantitative estimate of drug-likeness (QED) is 0.536. The van der Waals surface area contributed by atoms with E-state index in [9.17, 15) is 0 Å². The van der Waals surface area contributed by atoms with Gasteiger partial charge in [0.1, 0.15) is 12.1 Å². The summed E-state index contributed by atoms with van der Waals surface area (Å²) >= 11 is 0. The zero-order valence-electron chi connectivity index (χ0n) is 16.5. The number of nitrogens with one attached hydrogen (secondary N) is 1. The van der Waals surface area contributed by atoms with Crippen molar-refractivity contribution in [3.63, 3.8) is 0 Å². The third-order valence-corrected chi connectivity index (χ3v) is 5.22. The van der Waals surface area contributed by atoms with Crippen LogP contribution in [0, 0.1) is 6.92 Å². The number of piperazine rings is 1. The monoisotopic (exact) mass is 381 g/mol. The van der Waals surface area contributed by atoms with Crippen LogP contribution in [-0.4, -0.2) is 70.2 Å². The molecule has 3 heterocycles. The summed E-state index contributed by atoms with van der Waals surface area (Å²) in [5.41, 5.74) is 3.21. The summed E-state index contributed by atoms with van der Waals surface area (Å²) in [6, 6.07) is 10.2. The zero-order valence-corrected chi connectivity index (χ0v) is 16.5. The molecule has 1 N–H and O–H groups in total. The number of para-hydroxylation sites is 2. The number of nitrogens with zero attached hydrogens (tertiary/aromatic N) is 6. The molecule has 2 aromatic heterocycles. The Balaban J connectivity index is 1.29. The number of benzene rings is 1. The first-order valence-electron chi connectivity index (χ1n) is 9.73. The van der Waals surface area contributed by atoms with Crippen molar-refractivity contribution in [1.82, 2.24) is 29.8 Å². The van der Waals surface area contributed by atoms with E-state index in [2.05, 4.69) is 59.9 Å². The van der Waals surface area contributed by atoms with Gasteiger partial charge in [-0.05, 0) is 19.1 Å². The van der Waals surface area contributed by atoms with Crippen LogP contribution >= 0.6 is 0 Å². The van der Waals surface area contributed by atoms with Gasteiger partial charge in [-0.1, -0.05) is 17.3 Å². The molecule has 0 bridgehead atoms. The van der Waals surface area contributed by atoms with E-state index in [0.29, 0.717) is 0 Å². The first-order valence-corrected chi connectivity index (χ1v) is 9.73. The largest absolute Gasteiger partial charge is 0.364 e. The van der Waals surface area contributed by atoms with E-state index in [4.69, 9.17) is 4.52 Å². The van der Waals surface area contributed by atoms with Gasteiger partial charge in [0.05, 0.1) is 16.7 Å². The molecule has 148 valence electrons. The van der Waals surface area contributed by atoms with Crippen molar-refractivity contribution < 1.29 is 4.52 Å². The van der Waals surface area contributed by atoms with Gasteiger partial charge < -0.3 is 19.3 Å². The summed E-state index contributed by atoms with van der Waals surface area (Å²) in [5, 5.41) is 7.51. The molecule has 0 unspecified atom stereocenters. The van der Waals surface area contributed by atoms with Gasteiger partial charge in [0, 0.05) is 58.9 Å². The number of guanidine groups is 1. The molecule has 0 saturated carbocycles. The third kappa shape index (κ3) is 4.01. The summed E-state index contributed by atoms with van der Waals surface area (Å²) in [4.78, 5) is 13.8. The number of imidazole rings is 1. The highest BCUT2D eigenvalue weighted by atomic mass is 16.5. The van der Waals surface area contributed by atoms with Crippen LogP contribution < -0.4 is 5.32 Å². The molecule has 3 aromatic rings. The smallest absolute Gasteiger partial charge is 0.193 e. The topological polar surface area (TPSA) is 74.7 Å². The minimum absolute atomic E-state index is 0.813. The Bertz CT molecular complexity index is 923. The molecule has 0 spiro atoms. The van der Waals surface area contributed by atoms with Crippen LogP contribution in [0.15, 0.2) is 46.1 Å². The highest BCUT2D eigenvalue weighted by Gasteiger charge is 2.20. The average Bonchev–Trinajstić information content (AvgIpc) is 3.33. The lowest BCUT2D eigenvalue weighted by molar-refractivity contribution is 0.169. The lowest BCUT2D eigenvalue weighted by atomic mass is 10.3. The summed E-state index contributed by atoms with van der Waals surface area (Å²) < 4.78 is 7.18. The van der Waals surface area contributed by atoms with Crippen LogP contribution in [0.4, 0.5) is 0 Å². The van der Waals surface area contributed by atoms with Crippen molar-refractivity contribution in [2.45, 2.75) is 20.0 Å². The van der Waals surface area contributed by atoms with Crippen LogP contribution in [0.5, 0.6) is 0 Å². The van der Waals surface area contributed by atoms with E-state index < -0.39 is 0 Å². The summed E-state index contributed by atoms with van der Waals surface area (Å²) in [7, 11) is 1.85. The number of hydrogen-bond donors (Lipinski definition) is 1. The minimum atomic E-state index is 0.813. The highest BCUT2D eigenvalue weighted by Crippen LogP contribution is 2.15. The Labute approximate surface area is 164 Å². The van der Waals surface area contributed by atoms with Gasteiger partial charge in [0.25, 0.3) is 0 Å². The Morgan fingerprint density at radius 1 is 1.18 bits per heavy atom. The lowest BCUT2D eigenvalue weighted by Gasteiger charge is -2.36. The predicted octanol–water partition coefficient (Wildman–Crippen LogP) is 1.73. The summed E-state index contributed by atoms with van der Waals surface area (Å²) in [6.07, 6.45) is 1.63. The number of fused-ring (bicyclic) bond motifs is 1. The molecular weight excluding hydrogens is 354 g/mol. The van der Waals surface area contributed by atoms with Gasteiger partial charge in [0.15, 0.2) is 5.96 Å². The van der Waals surface area contributed by atoms with E-state index in [1.165, 1.54) is 5.52 Å². The van der Waals surface area contributed by atoms with E-state index in [1.54, 1.807) is 6.26 Å². The van der Waals surface area contributed by atoms with Gasteiger partial charge in [-0.15, -0.1) is 0 Å². The molecule has 1 aliphatic rings. The number of aryl methyl sites for hydroxylation is 1. The van der Waals surface area contributed by atoms with Crippen molar-refractivity contribution in [3.8, 4) is 0 Å². The summed E-state index contributed by atoms with van der Waals surface area (Å²) in [6.45, 7) is 8.43. The Hall–Kier alpha value is -2.87. The maximum atomic E-state index is 4.92. The number of hydrogen-bond acceptors (Lipinski definition) is 5. The molecule has 1 saturated heterocycles. The van der Waals surface area contributed by atoms with E-state index in [0.717, 1.165) is 68.8 Å². The first-order chi connectivity index (χ1) is 13.7. The summed E-state index contributed by atoms with van der Waals surface area (Å²) in [5.74, 6) is 2.00. The van der Waals surface area contributed by atoms with Crippen LogP contribution in [0.25, 0.3) is 11.0 Å². The van der Waals surface area contributed by atoms with Crippen LogP contribution in [0.2, 0.25) is 0 Å². The average molecular weight is 381 g/mol. The second-order valence-corrected chi connectivity index (χ2v) is 7.03. The van der Waals surface area contributed by atoms with Crippen molar-refractivity contribution in [2.24, 2.45) is 4.99 Å². The van der Waals surface area contributed by atoms with Crippen LogP contribution in [0.3, 0.4) is 0 Å². The van der Waals surface area contributed by atoms with Gasteiger partial charge in [-0.25, -0.2) is 4.98 Å². The van der Waals surface area contributed by atoms with E-state index in [1.807, 2.05) is 19.2 Å². The molecule has 28 heavy (non-hydrogen) atoms. The molecule has 1 aromatic carbocycles. The van der Waals surface area contributed by atoms with Gasteiger partial charge >= 0.3 is 0 Å². The van der Waals surface area contributed by atoms with Gasteiger partial charge in [-0.2, -0.15) is 0 Å². The fourth-order valence-corrected chi connectivity index (χ4v) is 3.76. The fraction of sp³-hybridized carbons (Fsp3) is 0.450. The van der Waals surface area contributed by atoms with Crippen LogP contribution in [0.1, 0.15) is 11.5 Å². The molecule has 0 atom stereocenters. The Morgan fingerprint density at radius 3 is 2.75 bits per heavy atom. The number of aromatic nitrogens is 3. The Kier molecular flexibility index (Phi) is 5.57. The zero-order chi connectivity index (χ0) is 19.3. The highest BCUT2D eigenvalue weighted by molar-refractivity contribution is 5.80. The molecular formula is C20H27N7O. The van der Waals surface area contributed by atoms with Gasteiger partial charge in [-0.3, -0.25) is 9.89 Å². The molecule has 1 fully saturated rings. The maximum absolute atomic E-state index is 4.92. The molecule has 1 aliphatic heterocycles. The maximum Gasteiger partial charge on any atom is 0.193 e. The van der Waals surface area contributed by atoms with Crippen molar-refractivity contribution >= 4 is 17.0 Å². The van der Waals surface area contributed by atoms with Crippen molar-refractivity contribution in [1.29, 1.82) is 0 Å². The molecule has 8 heteroatoms. The normalized spacial score (nSPS) is 16.1. The SMILES string of the molecule is CN=C(NCCn1c(C)nc2ccccc21)N1CCN(Cc2ccon2)CC1. The molecule has 8 nitrogen and oxygen atoms in total. The second-order valence-electron chi connectivity index (χ2n) is 7.03. The lowest BCUT2D eigenvalue weighted by Crippen LogP contribution is -2.52. The molecule has 0 amide bonds. The van der Waals surface area contributed by atoms with Crippen LogP contribution in [-0.2, 0) is 13.1 Å². The number of aliphatic imine (C=N–C) groups is 1. The first kappa shape index (κ1) is 18.5. The van der Waals surface area contributed by atoms with E-state index in [-0.39, 0.29) is 0 Å². The predicted molar refractivity (Wildman–Crippen MR) is 109 cm³/mol. The molecule has 4 rings (SSSR count). The number of rotatable bonds is 5. The Morgan fingerprint density at radius 2 is 2.00 bits per heavy atom. The fourth-order valence-electron chi connectivity index (χ4n) is 3.76. The standard InChI is InChI=1S/C20H27N7O/c1-16-23-18-5-3-4-6-19(18)27(16)9-8-22-20(21-2)26-12-10-25(11-13-26)15-17-7-14-28-24-17/h3-7,14H,8-13,15H2,1-2H3,(H,21,22). The molecule has 0 aliphatic carbocycles. The minimum Gasteiger partial charge on any atom is -0.364 e.